The third-order valence-corrected chi connectivity index (χ3v) is 3.16. The molecule has 5 heteroatoms. The topological polar surface area (TPSA) is 58.8 Å². The summed E-state index contributed by atoms with van der Waals surface area (Å²) in [4.78, 5) is 16.0. The van der Waals surface area contributed by atoms with Crippen LogP contribution < -0.4 is 5.73 Å². The number of ether oxygens (including phenoxy) is 1. The molecule has 1 saturated heterocycles. The second-order valence-electron chi connectivity index (χ2n) is 4.74. The van der Waals surface area contributed by atoms with Gasteiger partial charge in [0, 0.05) is 39.8 Å². The molecule has 0 aromatic heterocycles. The molecule has 0 bridgehead atoms. The van der Waals surface area contributed by atoms with Crippen LogP contribution in [0.4, 0.5) is 4.79 Å². The van der Waals surface area contributed by atoms with Crippen molar-refractivity contribution in [3.05, 3.63) is 0 Å². The number of amides is 2. The summed E-state index contributed by atoms with van der Waals surface area (Å²) >= 11 is 0. The molecular weight excluding hydrogens is 218 g/mol. The fraction of sp³-hybridized carbons (Fsp3) is 0.917. The number of urea groups is 1. The molecule has 0 saturated carbocycles. The Morgan fingerprint density at radius 3 is 2.88 bits per heavy atom. The number of nitrogens with two attached hydrogens (primary N) is 1. The Bertz CT molecular complexity index is 236. The second kappa shape index (κ2) is 7.50. The van der Waals surface area contributed by atoms with Crippen LogP contribution in [0.5, 0.6) is 0 Å². The number of methoxy groups -OCH3 is 1. The number of carbonyl (C=O) groups is 1. The molecule has 0 radical (unpaired) electrons. The summed E-state index contributed by atoms with van der Waals surface area (Å²) in [6.07, 6.45) is 2.33. The highest BCUT2D eigenvalue weighted by molar-refractivity contribution is 5.74. The van der Waals surface area contributed by atoms with Crippen LogP contribution >= 0.6 is 0 Å². The molecular formula is C12H25N3O2. The van der Waals surface area contributed by atoms with Crippen LogP contribution in [0.2, 0.25) is 0 Å². The van der Waals surface area contributed by atoms with Crippen molar-refractivity contribution in [3.63, 3.8) is 0 Å². The highest BCUT2D eigenvalue weighted by Gasteiger charge is 2.24. The van der Waals surface area contributed by atoms with E-state index in [1.807, 2.05) is 4.90 Å². The van der Waals surface area contributed by atoms with Gasteiger partial charge < -0.3 is 20.3 Å². The molecule has 2 N–H and O–H groups in total. The van der Waals surface area contributed by atoms with Gasteiger partial charge in [0.1, 0.15) is 0 Å². The molecule has 5 nitrogen and oxygen atoms in total. The molecule has 1 fully saturated rings. The van der Waals surface area contributed by atoms with E-state index >= 15 is 0 Å². The summed E-state index contributed by atoms with van der Waals surface area (Å²) in [5, 5.41) is 0. The first-order valence-corrected chi connectivity index (χ1v) is 6.42. The lowest BCUT2D eigenvalue weighted by Gasteiger charge is -2.35. The molecule has 0 aromatic carbocycles. The van der Waals surface area contributed by atoms with Crippen LogP contribution in [0.1, 0.15) is 19.8 Å². The second-order valence-corrected chi connectivity index (χ2v) is 4.74. The first kappa shape index (κ1) is 14.3. The largest absolute Gasteiger partial charge is 0.383 e. The maximum atomic E-state index is 12.3. The minimum absolute atomic E-state index is 0.110. The predicted octanol–water partition coefficient (Wildman–Crippen LogP) is 0.745. The number of likely N-dealkylation sites (tertiary alicyclic amines) is 1. The zero-order valence-electron chi connectivity index (χ0n) is 11.0. The van der Waals surface area contributed by atoms with Gasteiger partial charge in [-0.1, -0.05) is 6.92 Å². The zero-order valence-corrected chi connectivity index (χ0v) is 11.0. The number of hydrogen-bond acceptors (Lipinski definition) is 3. The van der Waals surface area contributed by atoms with E-state index in [9.17, 15) is 4.79 Å². The van der Waals surface area contributed by atoms with E-state index in [-0.39, 0.29) is 6.03 Å². The van der Waals surface area contributed by atoms with E-state index in [0.29, 0.717) is 32.2 Å². The van der Waals surface area contributed by atoms with Crippen molar-refractivity contribution in [3.8, 4) is 0 Å². The minimum atomic E-state index is 0.110. The molecule has 1 aliphatic heterocycles. The summed E-state index contributed by atoms with van der Waals surface area (Å²) in [5.74, 6) is 0.606. The Morgan fingerprint density at radius 1 is 1.53 bits per heavy atom. The van der Waals surface area contributed by atoms with Crippen LogP contribution in [0.3, 0.4) is 0 Å². The van der Waals surface area contributed by atoms with Gasteiger partial charge in [-0.25, -0.2) is 4.79 Å². The Balaban J connectivity index is 2.50. The lowest BCUT2D eigenvalue weighted by atomic mass is 10.0. The van der Waals surface area contributed by atoms with E-state index in [1.54, 1.807) is 12.0 Å². The fourth-order valence-electron chi connectivity index (χ4n) is 2.22. The average molecular weight is 243 g/mol. The molecule has 1 aliphatic rings. The molecule has 17 heavy (non-hydrogen) atoms. The van der Waals surface area contributed by atoms with Gasteiger partial charge in [-0.15, -0.1) is 0 Å². The van der Waals surface area contributed by atoms with Gasteiger partial charge in [0.15, 0.2) is 0 Å². The summed E-state index contributed by atoms with van der Waals surface area (Å²) in [6.45, 7) is 6.23. The standard InChI is InChI=1S/C12H25N3O2/c1-11-4-3-6-15(10-11)12(16)14(7-5-13)8-9-17-2/h11H,3-10,13H2,1-2H3. The van der Waals surface area contributed by atoms with Crippen molar-refractivity contribution < 1.29 is 9.53 Å². The van der Waals surface area contributed by atoms with Crippen molar-refractivity contribution in [2.75, 3.05) is 46.4 Å². The monoisotopic (exact) mass is 243 g/mol. The molecule has 2 amide bonds. The SMILES string of the molecule is COCCN(CCN)C(=O)N1CCCC(C)C1. The average Bonchev–Trinajstić information content (AvgIpc) is 2.33. The number of piperidine rings is 1. The Morgan fingerprint density at radius 2 is 2.29 bits per heavy atom. The summed E-state index contributed by atoms with van der Waals surface area (Å²) in [5.41, 5.74) is 5.54. The van der Waals surface area contributed by atoms with Crippen molar-refractivity contribution in [2.45, 2.75) is 19.8 Å². The van der Waals surface area contributed by atoms with Gasteiger partial charge in [-0.2, -0.15) is 0 Å². The maximum Gasteiger partial charge on any atom is 0.320 e. The van der Waals surface area contributed by atoms with Gasteiger partial charge in [0.2, 0.25) is 0 Å². The van der Waals surface area contributed by atoms with Crippen molar-refractivity contribution in [2.24, 2.45) is 11.7 Å². The molecule has 0 aliphatic carbocycles. The van der Waals surface area contributed by atoms with Crippen molar-refractivity contribution in [1.29, 1.82) is 0 Å². The first-order valence-electron chi connectivity index (χ1n) is 6.42. The number of carbonyl (C=O) groups excluding carboxylic acids is 1. The third kappa shape index (κ3) is 4.52. The lowest BCUT2D eigenvalue weighted by molar-refractivity contribution is 0.113. The Labute approximate surface area is 104 Å². The Kier molecular flexibility index (Phi) is 6.29. The van der Waals surface area contributed by atoms with E-state index in [4.69, 9.17) is 10.5 Å². The first-order chi connectivity index (χ1) is 8.19. The van der Waals surface area contributed by atoms with E-state index in [1.165, 1.54) is 6.42 Å². The molecule has 1 unspecified atom stereocenters. The van der Waals surface area contributed by atoms with Crippen LogP contribution in [-0.2, 0) is 4.74 Å². The molecule has 0 spiro atoms. The van der Waals surface area contributed by atoms with E-state index in [2.05, 4.69) is 6.92 Å². The molecule has 1 rings (SSSR count). The van der Waals surface area contributed by atoms with E-state index in [0.717, 1.165) is 19.5 Å². The quantitative estimate of drug-likeness (QED) is 0.775. The highest BCUT2D eigenvalue weighted by Crippen LogP contribution is 2.16. The normalized spacial score (nSPS) is 20.4. The van der Waals surface area contributed by atoms with E-state index < -0.39 is 0 Å². The molecule has 0 aromatic rings. The van der Waals surface area contributed by atoms with Crippen LogP contribution in [0, 0.1) is 5.92 Å². The smallest absolute Gasteiger partial charge is 0.320 e. The van der Waals surface area contributed by atoms with Crippen molar-refractivity contribution in [1.82, 2.24) is 9.80 Å². The number of nitrogens with zero attached hydrogens (tertiary/aromatic N) is 2. The zero-order chi connectivity index (χ0) is 12.7. The third-order valence-electron chi connectivity index (χ3n) is 3.16. The summed E-state index contributed by atoms with van der Waals surface area (Å²) in [7, 11) is 1.65. The predicted molar refractivity (Wildman–Crippen MR) is 67.9 cm³/mol. The lowest BCUT2D eigenvalue weighted by Crippen LogP contribution is -2.49. The van der Waals surface area contributed by atoms with Crippen LogP contribution in [0.15, 0.2) is 0 Å². The fourth-order valence-corrected chi connectivity index (χ4v) is 2.22. The van der Waals surface area contributed by atoms with Gasteiger partial charge in [-0.05, 0) is 18.8 Å². The summed E-state index contributed by atoms with van der Waals surface area (Å²) in [6, 6.07) is 0.110. The Hall–Kier alpha value is -0.810. The van der Waals surface area contributed by atoms with Crippen LogP contribution in [-0.4, -0.2) is 62.3 Å². The molecule has 1 atom stereocenters. The highest BCUT2D eigenvalue weighted by atomic mass is 16.5. The van der Waals surface area contributed by atoms with Crippen LogP contribution in [0.25, 0.3) is 0 Å². The number of hydrogen-bond donors (Lipinski definition) is 1. The van der Waals surface area contributed by atoms with Gasteiger partial charge in [0.25, 0.3) is 0 Å². The van der Waals surface area contributed by atoms with Crippen molar-refractivity contribution >= 4 is 6.03 Å². The summed E-state index contributed by atoms with van der Waals surface area (Å²) < 4.78 is 5.02. The molecule has 1 heterocycles. The van der Waals surface area contributed by atoms with Gasteiger partial charge in [0.05, 0.1) is 6.61 Å². The molecule has 100 valence electrons. The van der Waals surface area contributed by atoms with Gasteiger partial charge >= 0.3 is 6.03 Å². The number of rotatable bonds is 5. The van der Waals surface area contributed by atoms with Gasteiger partial charge in [-0.3, -0.25) is 0 Å². The maximum absolute atomic E-state index is 12.3. The minimum Gasteiger partial charge on any atom is -0.383 e.